The van der Waals surface area contributed by atoms with Crippen LogP contribution in [0.15, 0.2) is 42.5 Å². The highest BCUT2D eigenvalue weighted by Gasteiger charge is 2.09. The molecule has 22 heavy (non-hydrogen) atoms. The molecule has 0 aliphatic rings. The van der Waals surface area contributed by atoms with Crippen molar-refractivity contribution in [3.05, 3.63) is 59.2 Å². The summed E-state index contributed by atoms with van der Waals surface area (Å²) in [5, 5.41) is 2.97. The number of carbonyl (C=O) groups is 1. The van der Waals surface area contributed by atoms with E-state index >= 15 is 0 Å². The highest BCUT2D eigenvalue weighted by Crippen LogP contribution is 2.21. The first kappa shape index (κ1) is 16.0. The maximum Gasteiger partial charge on any atom is 0.255 e. The molecule has 2 aromatic rings. The fourth-order valence-corrected chi connectivity index (χ4v) is 2.14. The Labute approximate surface area is 131 Å². The van der Waals surface area contributed by atoms with Gasteiger partial charge in [-0.2, -0.15) is 0 Å². The monoisotopic (exact) mass is 299 g/mol. The van der Waals surface area contributed by atoms with E-state index in [1.54, 1.807) is 31.4 Å². The van der Waals surface area contributed by atoms with Gasteiger partial charge in [-0.25, -0.2) is 0 Å². The van der Waals surface area contributed by atoms with Crippen LogP contribution in [-0.4, -0.2) is 26.2 Å². The number of rotatable bonds is 6. The summed E-state index contributed by atoms with van der Waals surface area (Å²) in [6, 6.07) is 13.0. The second kappa shape index (κ2) is 7.61. The highest BCUT2D eigenvalue weighted by atomic mass is 16.5. The smallest absolute Gasteiger partial charge is 0.255 e. The first-order valence-corrected chi connectivity index (χ1v) is 7.21. The van der Waals surface area contributed by atoms with Crippen molar-refractivity contribution >= 4 is 11.6 Å². The van der Waals surface area contributed by atoms with E-state index in [0.717, 1.165) is 22.6 Å². The van der Waals surface area contributed by atoms with E-state index < -0.39 is 0 Å². The van der Waals surface area contributed by atoms with Crippen LogP contribution in [0.3, 0.4) is 0 Å². The van der Waals surface area contributed by atoms with E-state index in [1.807, 2.05) is 32.0 Å². The van der Waals surface area contributed by atoms with Crippen molar-refractivity contribution in [1.29, 1.82) is 0 Å². The number of benzene rings is 2. The fourth-order valence-electron chi connectivity index (χ4n) is 2.14. The average Bonchev–Trinajstić information content (AvgIpc) is 2.52. The number of para-hydroxylation sites is 1. The third kappa shape index (κ3) is 4.09. The van der Waals surface area contributed by atoms with Crippen LogP contribution in [0.5, 0.6) is 5.75 Å². The molecule has 0 heterocycles. The van der Waals surface area contributed by atoms with Crippen LogP contribution in [0.25, 0.3) is 0 Å². The number of nitrogens with one attached hydrogen (secondary N) is 1. The van der Waals surface area contributed by atoms with Crippen molar-refractivity contribution in [1.82, 2.24) is 0 Å². The Balaban J connectivity index is 2.04. The lowest BCUT2D eigenvalue weighted by molar-refractivity contribution is 0.102. The van der Waals surface area contributed by atoms with Crippen LogP contribution >= 0.6 is 0 Å². The largest absolute Gasteiger partial charge is 0.491 e. The van der Waals surface area contributed by atoms with Gasteiger partial charge >= 0.3 is 0 Å². The number of ether oxygens (including phenoxy) is 2. The van der Waals surface area contributed by atoms with Gasteiger partial charge in [-0.05, 0) is 49.2 Å². The zero-order valence-electron chi connectivity index (χ0n) is 13.2. The number of amides is 1. The molecule has 4 heteroatoms. The minimum absolute atomic E-state index is 0.124. The Morgan fingerprint density at radius 3 is 2.23 bits per heavy atom. The van der Waals surface area contributed by atoms with Crippen molar-refractivity contribution in [2.45, 2.75) is 13.8 Å². The molecule has 0 unspecified atom stereocenters. The minimum atomic E-state index is -0.124. The molecular formula is C18H21NO3. The maximum atomic E-state index is 12.3. The lowest BCUT2D eigenvalue weighted by Crippen LogP contribution is -2.13. The summed E-state index contributed by atoms with van der Waals surface area (Å²) in [4.78, 5) is 12.3. The van der Waals surface area contributed by atoms with Gasteiger partial charge in [0, 0.05) is 18.4 Å². The second-order valence-corrected chi connectivity index (χ2v) is 5.09. The van der Waals surface area contributed by atoms with Crippen LogP contribution < -0.4 is 10.1 Å². The molecule has 2 aromatic carbocycles. The SMILES string of the molecule is COCCOc1ccc(C(=O)Nc2c(C)cccc2C)cc1. The van der Waals surface area contributed by atoms with Crippen molar-refractivity contribution in [2.24, 2.45) is 0 Å². The second-order valence-electron chi connectivity index (χ2n) is 5.09. The van der Waals surface area contributed by atoms with Crippen LogP contribution in [-0.2, 0) is 4.74 Å². The van der Waals surface area contributed by atoms with Crippen molar-refractivity contribution in [2.75, 3.05) is 25.6 Å². The molecule has 0 radical (unpaired) electrons. The summed E-state index contributed by atoms with van der Waals surface area (Å²) in [7, 11) is 1.63. The zero-order valence-corrected chi connectivity index (χ0v) is 13.2. The lowest BCUT2D eigenvalue weighted by atomic mass is 10.1. The molecule has 0 bridgehead atoms. The molecule has 2 rings (SSSR count). The molecular weight excluding hydrogens is 278 g/mol. The van der Waals surface area contributed by atoms with Crippen LogP contribution in [0, 0.1) is 13.8 Å². The average molecular weight is 299 g/mol. The van der Waals surface area contributed by atoms with Gasteiger partial charge in [-0.3, -0.25) is 4.79 Å². The number of anilines is 1. The molecule has 0 saturated heterocycles. The van der Waals surface area contributed by atoms with Gasteiger partial charge in [0.25, 0.3) is 5.91 Å². The molecule has 0 aliphatic heterocycles. The normalized spacial score (nSPS) is 10.3. The molecule has 4 nitrogen and oxygen atoms in total. The number of carbonyl (C=O) groups excluding carboxylic acids is 1. The van der Waals surface area contributed by atoms with Crippen LogP contribution in [0.1, 0.15) is 21.5 Å². The Bertz CT molecular complexity index is 615. The Kier molecular flexibility index (Phi) is 5.55. The van der Waals surface area contributed by atoms with E-state index in [4.69, 9.17) is 9.47 Å². The molecule has 0 spiro atoms. The number of methoxy groups -OCH3 is 1. The Morgan fingerprint density at radius 1 is 1.00 bits per heavy atom. The molecule has 0 fully saturated rings. The topological polar surface area (TPSA) is 47.6 Å². The third-order valence-corrected chi connectivity index (χ3v) is 3.39. The van der Waals surface area contributed by atoms with Crippen LogP contribution in [0.4, 0.5) is 5.69 Å². The lowest BCUT2D eigenvalue weighted by Gasteiger charge is -2.12. The molecule has 1 N–H and O–H groups in total. The predicted octanol–water partition coefficient (Wildman–Crippen LogP) is 3.58. The van der Waals surface area contributed by atoms with Gasteiger partial charge < -0.3 is 14.8 Å². The Hall–Kier alpha value is -2.33. The van der Waals surface area contributed by atoms with Crippen molar-refractivity contribution < 1.29 is 14.3 Å². The third-order valence-electron chi connectivity index (χ3n) is 3.39. The summed E-state index contributed by atoms with van der Waals surface area (Å²) in [5.41, 5.74) is 3.57. The summed E-state index contributed by atoms with van der Waals surface area (Å²) >= 11 is 0. The first-order chi connectivity index (χ1) is 10.6. The van der Waals surface area contributed by atoms with E-state index in [0.29, 0.717) is 18.8 Å². The summed E-state index contributed by atoms with van der Waals surface area (Å²) in [6.07, 6.45) is 0. The number of aryl methyl sites for hydroxylation is 2. The quantitative estimate of drug-likeness (QED) is 0.829. The highest BCUT2D eigenvalue weighted by molar-refractivity contribution is 6.05. The molecule has 0 aliphatic carbocycles. The van der Waals surface area contributed by atoms with Gasteiger partial charge in [0.2, 0.25) is 0 Å². The van der Waals surface area contributed by atoms with Crippen LogP contribution in [0.2, 0.25) is 0 Å². The van der Waals surface area contributed by atoms with E-state index in [-0.39, 0.29) is 5.91 Å². The van der Waals surface area contributed by atoms with Gasteiger partial charge in [-0.1, -0.05) is 18.2 Å². The fraction of sp³-hybridized carbons (Fsp3) is 0.278. The van der Waals surface area contributed by atoms with E-state index in [9.17, 15) is 4.79 Å². The van der Waals surface area contributed by atoms with Gasteiger partial charge in [0.1, 0.15) is 12.4 Å². The zero-order chi connectivity index (χ0) is 15.9. The van der Waals surface area contributed by atoms with Crippen molar-refractivity contribution in [3.8, 4) is 5.75 Å². The molecule has 116 valence electrons. The summed E-state index contributed by atoms with van der Waals surface area (Å²) in [5.74, 6) is 0.599. The van der Waals surface area contributed by atoms with Gasteiger partial charge in [0.05, 0.1) is 6.61 Å². The predicted molar refractivity (Wildman–Crippen MR) is 87.7 cm³/mol. The van der Waals surface area contributed by atoms with Crippen molar-refractivity contribution in [3.63, 3.8) is 0 Å². The maximum absolute atomic E-state index is 12.3. The first-order valence-electron chi connectivity index (χ1n) is 7.21. The molecule has 0 aromatic heterocycles. The van der Waals surface area contributed by atoms with Gasteiger partial charge in [-0.15, -0.1) is 0 Å². The van der Waals surface area contributed by atoms with Gasteiger partial charge in [0.15, 0.2) is 0 Å². The molecule has 0 atom stereocenters. The minimum Gasteiger partial charge on any atom is -0.491 e. The molecule has 0 saturated carbocycles. The van der Waals surface area contributed by atoms with E-state index in [1.165, 1.54) is 0 Å². The summed E-state index contributed by atoms with van der Waals surface area (Å²) < 4.78 is 10.4. The number of hydrogen-bond donors (Lipinski definition) is 1. The standard InChI is InChI=1S/C18H21NO3/c1-13-5-4-6-14(2)17(13)19-18(20)15-7-9-16(10-8-15)22-12-11-21-3/h4-10H,11-12H2,1-3H3,(H,19,20). The number of hydrogen-bond acceptors (Lipinski definition) is 3. The molecule has 1 amide bonds. The summed E-state index contributed by atoms with van der Waals surface area (Å²) in [6.45, 7) is 4.99. The van der Waals surface area contributed by atoms with E-state index in [2.05, 4.69) is 5.32 Å². The Morgan fingerprint density at radius 2 is 1.64 bits per heavy atom.